The van der Waals surface area contributed by atoms with Gasteiger partial charge in [-0.2, -0.15) is 5.26 Å². The largest absolute Gasteiger partial charge is 0.479 e. The zero-order chi connectivity index (χ0) is 14.1. The summed E-state index contributed by atoms with van der Waals surface area (Å²) in [5.74, 6) is 0.583. The van der Waals surface area contributed by atoms with E-state index < -0.39 is 0 Å². The molecule has 5 heteroatoms. The minimum atomic E-state index is -0.0286. The SMILES string of the molecule is CCNC(C)CC(=O)Nc1ccc(OCC#N)cc1. The number of carbonyl (C=O) groups is 1. The third-order valence-electron chi connectivity index (χ3n) is 2.49. The maximum atomic E-state index is 11.7. The fraction of sp³-hybridized carbons (Fsp3) is 0.429. The van der Waals surface area contributed by atoms with Crippen LogP contribution in [0.4, 0.5) is 5.69 Å². The number of amides is 1. The Labute approximate surface area is 113 Å². The van der Waals surface area contributed by atoms with Crippen LogP contribution >= 0.6 is 0 Å². The van der Waals surface area contributed by atoms with E-state index in [0.29, 0.717) is 12.2 Å². The third-order valence-corrected chi connectivity index (χ3v) is 2.49. The lowest BCUT2D eigenvalue weighted by Crippen LogP contribution is -2.30. The third kappa shape index (κ3) is 5.89. The summed E-state index contributed by atoms with van der Waals surface area (Å²) in [7, 11) is 0. The number of benzene rings is 1. The fourth-order valence-electron chi connectivity index (χ4n) is 1.66. The Balaban J connectivity index is 2.44. The molecule has 0 bridgehead atoms. The maximum absolute atomic E-state index is 11.7. The van der Waals surface area contributed by atoms with E-state index in [1.165, 1.54) is 0 Å². The van der Waals surface area contributed by atoms with E-state index in [9.17, 15) is 4.79 Å². The minimum absolute atomic E-state index is 0.0197. The van der Waals surface area contributed by atoms with Crippen molar-refractivity contribution in [2.45, 2.75) is 26.3 Å². The summed E-state index contributed by atoms with van der Waals surface area (Å²) in [4.78, 5) is 11.7. The van der Waals surface area contributed by atoms with E-state index in [4.69, 9.17) is 10.00 Å². The number of hydrogen-bond acceptors (Lipinski definition) is 4. The van der Waals surface area contributed by atoms with Crippen LogP contribution in [-0.2, 0) is 4.79 Å². The van der Waals surface area contributed by atoms with Gasteiger partial charge in [-0.05, 0) is 37.7 Å². The number of carbonyl (C=O) groups excluding carboxylic acids is 1. The normalized spacial score (nSPS) is 11.4. The monoisotopic (exact) mass is 261 g/mol. The molecule has 1 unspecified atom stereocenters. The molecule has 0 saturated heterocycles. The fourth-order valence-corrected chi connectivity index (χ4v) is 1.66. The second kappa shape index (κ2) is 8.11. The summed E-state index contributed by atoms with van der Waals surface area (Å²) < 4.78 is 5.13. The highest BCUT2D eigenvalue weighted by Gasteiger charge is 2.08. The molecular weight excluding hydrogens is 242 g/mol. The van der Waals surface area contributed by atoms with Crippen molar-refractivity contribution < 1.29 is 9.53 Å². The van der Waals surface area contributed by atoms with E-state index in [2.05, 4.69) is 10.6 Å². The van der Waals surface area contributed by atoms with Crippen molar-refractivity contribution in [3.8, 4) is 11.8 Å². The molecule has 1 aromatic rings. The highest BCUT2D eigenvalue weighted by atomic mass is 16.5. The molecule has 1 amide bonds. The molecule has 102 valence electrons. The summed E-state index contributed by atoms with van der Waals surface area (Å²) in [6.07, 6.45) is 0.431. The molecule has 0 heterocycles. The molecule has 2 N–H and O–H groups in total. The first-order chi connectivity index (χ1) is 9.15. The molecule has 1 atom stereocenters. The van der Waals surface area contributed by atoms with Crippen molar-refractivity contribution >= 4 is 11.6 Å². The van der Waals surface area contributed by atoms with Gasteiger partial charge in [0.1, 0.15) is 11.8 Å². The summed E-state index contributed by atoms with van der Waals surface area (Å²) in [5, 5.41) is 14.4. The van der Waals surface area contributed by atoms with Gasteiger partial charge in [-0.3, -0.25) is 4.79 Å². The lowest BCUT2D eigenvalue weighted by molar-refractivity contribution is -0.116. The van der Waals surface area contributed by atoms with Gasteiger partial charge < -0.3 is 15.4 Å². The van der Waals surface area contributed by atoms with Crippen LogP contribution in [0.25, 0.3) is 0 Å². The quantitative estimate of drug-likeness (QED) is 0.786. The molecular formula is C14H19N3O2. The van der Waals surface area contributed by atoms with Crippen molar-refractivity contribution in [1.82, 2.24) is 5.32 Å². The predicted octanol–water partition coefficient (Wildman–Crippen LogP) is 1.92. The van der Waals surface area contributed by atoms with Gasteiger partial charge in [0.05, 0.1) is 0 Å². The predicted molar refractivity (Wildman–Crippen MR) is 73.9 cm³/mol. The summed E-state index contributed by atoms with van der Waals surface area (Å²) in [6, 6.07) is 9.00. The van der Waals surface area contributed by atoms with Crippen LogP contribution in [0.15, 0.2) is 24.3 Å². The Bertz CT molecular complexity index is 437. The summed E-state index contributed by atoms with van der Waals surface area (Å²) in [6.45, 7) is 4.85. The Morgan fingerprint density at radius 2 is 2.11 bits per heavy atom. The molecule has 0 aromatic heterocycles. The standard InChI is InChI=1S/C14H19N3O2/c1-3-16-11(2)10-14(18)17-12-4-6-13(7-5-12)19-9-8-15/h4-7,11,16H,3,9-10H2,1-2H3,(H,17,18). The topological polar surface area (TPSA) is 74.2 Å². The molecule has 1 aromatic carbocycles. The number of nitriles is 1. The number of ether oxygens (including phenoxy) is 1. The first-order valence-corrected chi connectivity index (χ1v) is 6.28. The van der Waals surface area contributed by atoms with Crippen LogP contribution in [0.3, 0.4) is 0 Å². The van der Waals surface area contributed by atoms with Gasteiger partial charge in [0, 0.05) is 18.2 Å². The molecule has 0 aliphatic heterocycles. The number of anilines is 1. The van der Waals surface area contributed by atoms with Crippen LogP contribution in [-0.4, -0.2) is 25.1 Å². The van der Waals surface area contributed by atoms with Gasteiger partial charge in [-0.1, -0.05) is 6.92 Å². The van der Waals surface area contributed by atoms with Crippen LogP contribution in [0.2, 0.25) is 0 Å². The van der Waals surface area contributed by atoms with Gasteiger partial charge in [-0.25, -0.2) is 0 Å². The Morgan fingerprint density at radius 1 is 1.42 bits per heavy atom. The summed E-state index contributed by atoms with van der Waals surface area (Å²) in [5.41, 5.74) is 0.720. The van der Waals surface area contributed by atoms with Crippen molar-refractivity contribution in [1.29, 1.82) is 5.26 Å². The first-order valence-electron chi connectivity index (χ1n) is 6.28. The molecule has 1 rings (SSSR count). The highest BCUT2D eigenvalue weighted by Crippen LogP contribution is 2.15. The molecule has 0 radical (unpaired) electrons. The summed E-state index contributed by atoms with van der Waals surface area (Å²) >= 11 is 0. The second-order valence-electron chi connectivity index (χ2n) is 4.18. The Morgan fingerprint density at radius 3 is 2.68 bits per heavy atom. The molecule has 0 aliphatic carbocycles. The Hall–Kier alpha value is -2.06. The minimum Gasteiger partial charge on any atom is -0.479 e. The van der Waals surface area contributed by atoms with Crippen LogP contribution in [0.1, 0.15) is 20.3 Å². The van der Waals surface area contributed by atoms with E-state index in [1.807, 2.05) is 19.9 Å². The molecule has 5 nitrogen and oxygen atoms in total. The van der Waals surface area contributed by atoms with Crippen molar-refractivity contribution in [3.05, 3.63) is 24.3 Å². The zero-order valence-electron chi connectivity index (χ0n) is 11.3. The van der Waals surface area contributed by atoms with Gasteiger partial charge in [0.15, 0.2) is 6.61 Å². The average molecular weight is 261 g/mol. The smallest absolute Gasteiger partial charge is 0.225 e. The average Bonchev–Trinajstić information content (AvgIpc) is 2.38. The molecule has 19 heavy (non-hydrogen) atoms. The van der Waals surface area contributed by atoms with Crippen LogP contribution in [0, 0.1) is 11.3 Å². The molecule has 0 fully saturated rings. The maximum Gasteiger partial charge on any atom is 0.225 e. The number of nitrogens with zero attached hydrogens (tertiary/aromatic N) is 1. The number of hydrogen-bond donors (Lipinski definition) is 2. The van der Waals surface area contributed by atoms with Gasteiger partial charge in [0.25, 0.3) is 0 Å². The number of rotatable bonds is 7. The van der Waals surface area contributed by atoms with E-state index in [1.54, 1.807) is 24.3 Å². The lowest BCUT2D eigenvalue weighted by Gasteiger charge is -2.12. The zero-order valence-corrected chi connectivity index (χ0v) is 11.3. The van der Waals surface area contributed by atoms with Crippen LogP contribution < -0.4 is 15.4 Å². The molecule has 0 aliphatic rings. The van der Waals surface area contributed by atoms with Gasteiger partial charge in [-0.15, -0.1) is 0 Å². The number of nitrogens with one attached hydrogen (secondary N) is 2. The van der Waals surface area contributed by atoms with Gasteiger partial charge in [0.2, 0.25) is 5.91 Å². The van der Waals surface area contributed by atoms with E-state index in [-0.39, 0.29) is 18.6 Å². The highest BCUT2D eigenvalue weighted by molar-refractivity contribution is 5.91. The van der Waals surface area contributed by atoms with Crippen LogP contribution in [0.5, 0.6) is 5.75 Å². The van der Waals surface area contributed by atoms with E-state index >= 15 is 0 Å². The first kappa shape index (κ1) is 15.0. The molecule has 0 spiro atoms. The Kier molecular flexibility index (Phi) is 6.41. The van der Waals surface area contributed by atoms with Crippen molar-refractivity contribution in [3.63, 3.8) is 0 Å². The second-order valence-corrected chi connectivity index (χ2v) is 4.18. The van der Waals surface area contributed by atoms with E-state index in [0.717, 1.165) is 12.2 Å². The van der Waals surface area contributed by atoms with Gasteiger partial charge >= 0.3 is 0 Å². The lowest BCUT2D eigenvalue weighted by atomic mass is 10.2. The molecule has 0 saturated carbocycles. The van der Waals surface area contributed by atoms with Crippen molar-refractivity contribution in [2.75, 3.05) is 18.5 Å². The van der Waals surface area contributed by atoms with Crippen molar-refractivity contribution in [2.24, 2.45) is 0 Å².